The number of ether oxygens (including phenoxy) is 1. The Hall–Kier alpha value is -1.22. The molecule has 1 aromatic rings. The molecular formula is C12H18N2O. The van der Waals surface area contributed by atoms with Crippen LogP contribution in [0.4, 0.5) is 5.69 Å². The van der Waals surface area contributed by atoms with Gasteiger partial charge in [-0.25, -0.2) is 0 Å². The number of nitrogens with zero attached hydrogens (tertiary/aromatic N) is 1. The standard InChI is InChI=1S/C12H18N2O/c1-10-9-14(8-7-13-10)11-3-5-12(15-2)6-4-11/h3-6,10,13H,7-9H2,1-2H3. The molecule has 1 unspecified atom stereocenters. The zero-order valence-corrected chi connectivity index (χ0v) is 9.36. The average Bonchev–Trinajstić information content (AvgIpc) is 2.29. The largest absolute Gasteiger partial charge is 0.497 e. The van der Waals surface area contributed by atoms with Gasteiger partial charge >= 0.3 is 0 Å². The third-order valence-corrected chi connectivity index (χ3v) is 2.81. The number of anilines is 1. The SMILES string of the molecule is COc1ccc(N2CCNC(C)C2)cc1. The van der Waals surface area contributed by atoms with Gasteiger partial charge in [0.15, 0.2) is 0 Å². The van der Waals surface area contributed by atoms with Crippen LogP contribution in [0, 0.1) is 0 Å². The summed E-state index contributed by atoms with van der Waals surface area (Å²) in [4.78, 5) is 2.40. The molecule has 1 heterocycles. The Morgan fingerprint density at radius 1 is 1.33 bits per heavy atom. The maximum absolute atomic E-state index is 5.15. The van der Waals surface area contributed by atoms with Gasteiger partial charge in [-0.2, -0.15) is 0 Å². The maximum atomic E-state index is 5.15. The van der Waals surface area contributed by atoms with E-state index in [-0.39, 0.29) is 0 Å². The second kappa shape index (κ2) is 4.53. The summed E-state index contributed by atoms with van der Waals surface area (Å²) < 4.78 is 5.15. The highest BCUT2D eigenvalue weighted by Gasteiger charge is 2.15. The molecule has 0 amide bonds. The summed E-state index contributed by atoms with van der Waals surface area (Å²) in [5, 5.41) is 3.44. The van der Waals surface area contributed by atoms with Crippen LogP contribution in [0.25, 0.3) is 0 Å². The summed E-state index contributed by atoms with van der Waals surface area (Å²) in [6, 6.07) is 8.85. The molecule has 0 saturated carbocycles. The van der Waals surface area contributed by atoms with Gasteiger partial charge in [-0.3, -0.25) is 0 Å². The summed E-state index contributed by atoms with van der Waals surface area (Å²) in [5.74, 6) is 0.918. The topological polar surface area (TPSA) is 24.5 Å². The molecule has 0 bridgehead atoms. The van der Waals surface area contributed by atoms with Crippen molar-refractivity contribution in [1.29, 1.82) is 0 Å². The number of hydrogen-bond donors (Lipinski definition) is 1. The van der Waals surface area contributed by atoms with E-state index in [1.165, 1.54) is 5.69 Å². The van der Waals surface area contributed by atoms with Crippen molar-refractivity contribution in [3.8, 4) is 5.75 Å². The molecule has 1 N–H and O–H groups in total. The van der Waals surface area contributed by atoms with Gasteiger partial charge in [0.1, 0.15) is 5.75 Å². The molecule has 82 valence electrons. The first-order chi connectivity index (χ1) is 7.29. The molecule has 1 aliphatic rings. The van der Waals surface area contributed by atoms with Crippen molar-refractivity contribution < 1.29 is 4.74 Å². The fraction of sp³-hybridized carbons (Fsp3) is 0.500. The molecule has 15 heavy (non-hydrogen) atoms. The van der Waals surface area contributed by atoms with Gasteiger partial charge in [-0.1, -0.05) is 0 Å². The minimum atomic E-state index is 0.570. The smallest absolute Gasteiger partial charge is 0.119 e. The summed E-state index contributed by atoms with van der Waals surface area (Å²) in [7, 11) is 1.70. The van der Waals surface area contributed by atoms with Gasteiger partial charge in [-0.05, 0) is 31.2 Å². The Kier molecular flexibility index (Phi) is 3.11. The molecule has 3 nitrogen and oxygen atoms in total. The molecule has 0 aromatic heterocycles. The lowest BCUT2D eigenvalue weighted by molar-refractivity contribution is 0.414. The molecule has 3 heteroatoms. The van der Waals surface area contributed by atoms with E-state index in [1.54, 1.807) is 7.11 Å². The van der Waals surface area contributed by atoms with Gasteiger partial charge < -0.3 is 15.0 Å². The Labute approximate surface area is 91.0 Å². The molecule has 2 rings (SSSR count). The number of piperazine rings is 1. The Morgan fingerprint density at radius 2 is 2.07 bits per heavy atom. The van der Waals surface area contributed by atoms with E-state index in [4.69, 9.17) is 4.74 Å². The molecular weight excluding hydrogens is 188 g/mol. The predicted molar refractivity (Wildman–Crippen MR) is 62.7 cm³/mol. The Morgan fingerprint density at radius 3 is 2.67 bits per heavy atom. The van der Waals surface area contributed by atoms with Crippen molar-refractivity contribution >= 4 is 5.69 Å². The molecule has 1 aromatic carbocycles. The Bertz CT molecular complexity index is 310. The van der Waals surface area contributed by atoms with Crippen molar-refractivity contribution in [3.63, 3.8) is 0 Å². The second-order valence-corrected chi connectivity index (χ2v) is 4.00. The van der Waals surface area contributed by atoms with E-state index in [0.717, 1.165) is 25.4 Å². The molecule has 0 radical (unpaired) electrons. The van der Waals surface area contributed by atoms with Gasteiger partial charge in [0.25, 0.3) is 0 Å². The zero-order chi connectivity index (χ0) is 10.7. The predicted octanol–water partition coefficient (Wildman–Crippen LogP) is 1.49. The molecule has 0 aliphatic carbocycles. The fourth-order valence-corrected chi connectivity index (χ4v) is 1.96. The summed E-state index contributed by atoms with van der Waals surface area (Å²) >= 11 is 0. The van der Waals surface area contributed by atoms with Gasteiger partial charge in [0.2, 0.25) is 0 Å². The highest BCUT2D eigenvalue weighted by atomic mass is 16.5. The second-order valence-electron chi connectivity index (χ2n) is 4.00. The van der Waals surface area contributed by atoms with Crippen LogP contribution in [0.2, 0.25) is 0 Å². The van der Waals surface area contributed by atoms with Crippen LogP contribution in [-0.4, -0.2) is 32.8 Å². The summed E-state index contributed by atoms with van der Waals surface area (Å²) in [6.07, 6.45) is 0. The lowest BCUT2D eigenvalue weighted by Gasteiger charge is -2.33. The van der Waals surface area contributed by atoms with E-state index in [1.807, 2.05) is 12.1 Å². The number of nitrogens with one attached hydrogen (secondary N) is 1. The molecule has 1 fully saturated rings. The first kappa shape index (κ1) is 10.3. The number of rotatable bonds is 2. The molecule has 1 saturated heterocycles. The Balaban J connectivity index is 2.07. The van der Waals surface area contributed by atoms with E-state index in [0.29, 0.717) is 6.04 Å². The van der Waals surface area contributed by atoms with E-state index in [9.17, 15) is 0 Å². The van der Waals surface area contributed by atoms with Gasteiger partial charge in [-0.15, -0.1) is 0 Å². The third-order valence-electron chi connectivity index (χ3n) is 2.81. The van der Waals surface area contributed by atoms with E-state index in [2.05, 4.69) is 29.3 Å². The van der Waals surface area contributed by atoms with Crippen LogP contribution >= 0.6 is 0 Å². The van der Waals surface area contributed by atoms with E-state index < -0.39 is 0 Å². The number of methoxy groups -OCH3 is 1. The van der Waals surface area contributed by atoms with Crippen molar-refractivity contribution in [2.75, 3.05) is 31.6 Å². The molecule has 0 spiro atoms. The van der Waals surface area contributed by atoms with Crippen LogP contribution in [0.15, 0.2) is 24.3 Å². The highest BCUT2D eigenvalue weighted by molar-refractivity contribution is 5.49. The lowest BCUT2D eigenvalue weighted by atomic mass is 10.2. The van der Waals surface area contributed by atoms with Crippen LogP contribution in [-0.2, 0) is 0 Å². The first-order valence-corrected chi connectivity index (χ1v) is 5.42. The van der Waals surface area contributed by atoms with Crippen molar-refractivity contribution in [1.82, 2.24) is 5.32 Å². The molecule has 1 atom stereocenters. The fourth-order valence-electron chi connectivity index (χ4n) is 1.96. The van der Waals surface area contributed by atoms with Crippen molar-refractivity contribution in [2.45, 2.75) is 13.0 Å². The van der Waals surface area contributed by atoms with Crippen molar-refractivity contribution in [2.24, 2.45) is 0 Å². The third kappa shape index (κ3) is 2.42. The summed E-state index contributed by atoms with van der Waals surface area (Å²) in [5.41, 5.74) is 1.28. The monoisotopic (exact) mass is 206 g/mol. The first-order valence-electron chi connectivity index (χ1n) is 5.42. The molecule has 1 aliphatic heterocycles. The van der Waals surface area contributed by atoms with Gasteiger partial charge in [0.05, 0.1) is 7.11 Å². The lowest BCUT2D eigenvalue weighted by Crippen LogP contribution is -2.49. The minimum absolute atomic E-state index is 0.570. The normalized spacial score (nSPS) is 21.5. The summed E-state index contributed by atoms with van der Waals surface area (Å²) in [6.45, 7) is 5.44. The number of benzene rings is 1. The van der Waals surface area contributed by atoms with Crippen LogP contribution in [0.1, 0.15) is 6.92 Å². The van der Waals surface area contributed by atoms with Crippen LogP contribution in [0.5, 0.6) is 5.75 Å². The van der Waals surface area contributed by atoms with Gasteiger partial charge in [0, 0.05) is 31.4 Å². The average molecular weight is 206 g/mol. The number of hydrogen-bond acceptors (Lipinski definition) is 3. The van der Waals surface area contributed by atoms with Crippen LogP contribution in [0.3, 0.4) is 0 Å². The van der Waals surface area contributed by atoms with Crippen molar-refractivity contribution in [3.05, 3.63) is 24.3 Å². The maximum Gasteiger partial charge on any atom is 0.119 e. The van der Waals surface area contributed by atoms with E-state index >= 15 is 0 Å². The minimum Gasteiger partial charge on any atom is -0.497 e. The van der Waals surface area contributed by atoms with Crippen LogP contribution < -0.4 is 15.0 Å². The highest BCUT2D eigenvalue weighted by Crippen LogP contribution is 2.20. The zero-order valence-electron chi connectivity index (χ0n) is 9.36. The quantitative estimate of drug-likeness (QED) is 0.793.